The number of thiazole rings is 1. The maximum atomic E-state index is 13.2. The Morgan fingerprint density at radius 3 is 2.69 bits per heavy atom. The molecule has 0 aromatic carbocycles. The number of hydrogen-bond donors (Lipinski definition) is 2. The van der Waals surface area contributed by atoms with Crippen molar-refractivity contribution in [1.29, 1.82) is 0 Å². The average molecular weight is 505 g/mol. The minimum Gasteiger partial charge on any atom is -0.427 e. The zero-order valence-electron chi connectivity index (χ0n) is 20.1. The van der Waals surface area contributed by atoms with E-state index in [0.29, 0.717) is 17.7 Å². The molecule has 0 saturated carbocycles. The lowest BCUT2D eigenvalue weighted by Crippen LogP contribution is -2.63. The monoisotopic (exact) mass is 504 g/mol. The quantitative estimate of drug-likeness (QED) is 0.237. The van der Waals surface area contributed by atoms with E-state index in [0.717, 1.165) is 9.71 Å². The molecule has 35 heavy (non-hydrogen) atoms. The molecular weight excluding hydrogens is 476 g/mol. The molecule has 4 atom stereocenters. The fraction of sp³-hybridized carbons (Fsp3) is 0.522. The van der Waals surface area contributed by atoms with E-state index in [1.165, 1.54) is 16.2 Å². The van der Waals surface area contributed by atoms with Gasteiger partial charge in [-0.1, -0.05) is 6.92 Å². The summed E-state index contributed by atoms with van der Waals surface area (Å²) in [6, 6.07) is -0.395. The number of aliphatic hydroxyl groups excluding tert-OH is 1. The number of nitrogens with one attached hydrogen (secondary N) is 1. The van der Waals surface area contributed by atoms with E-state index in [9.17, 15) is 24.3 Å². The summed E-state index contributed by atoms with van der Waals surface area (Å²) < 4.78 is 12.1. The highest BCUT2D eigenvalue weighted by Gasteiger charge is 2.60. The third-order valence-corrected chi connectivity index (χ3v) is 7.44. The van der Waals surface area contributed by atoms with Gasteiger partial charge in [-0.05, 0) is 27.7 Å². The fourth-order valence-corrected chi connectivity index (χ4v) is 5.75. The van der Waals surface area contributed by atoms with Crippen LogP contribution in [0.2, 0.25) is 0 Å². The van der Waals surface area contributed by atoms with Crippen LogP contribution in [0.25, 0.3) is 10.4 Å². The maximum Gasteiger partial charge on any atom is 0.358 e. The molecule has 0 radical (unpaired) electrons. The van der Waals surface area contributed by atoms with Gasteiger partial charge in [-0.3, -0.25) is 18.8 Å². The van der Waals surface area contributed by atoms with Crippen LogP contribution >= 0.6 is 11.3 Å². The van der Waals surface area contributed by atoms with E-state index in [4.69, 9.17) is 9.47 Å². The molecule has 0 bridgehead atoms. The Morgan fingerprint density at radius 2 is 2.06 bits per heavy atom. The molecule has 1 fully saturated rings. The van der Waals surface area contributed by atoms with E-state index in [1.807, 2.05) is 13.1 Å². The lowest BCUT2D eigenvalue weighted by atomic mass is 9.77. The first kappa shape index (κ1) is 24.9. The summed E-state index contributed by atoms with van der Waals surface area (Å²) in [5.74, 6) is -2.56. The highest BCUT2D eigenvalue weighted by atomic mass is 32.1. The molecule has 0 unspecified atom stereocenters. The Labute approximate surface area is 205 Å². The molecule has 2 aliphatic rings. The van der Waals surface area contributed by atoms with Crippen LogP contribution < -0.4 is 5.32 Å². The summed E-state index contributed by atoms with van der Waals surface area (Å²) in [7, 11) is 0. The van der Waals surface area contributed by atoms with Crippen LogP contribution in [0.3, 0.4) is 0 Å². The van der Waals surface area contributed by atoms with Crippen molar-refractivity contribution in [3.63, 3.8) is 0 Å². The summed E-state index contributed by atoms with van der Waals surface area (Å²) in [5.41, 5.74) is 0.604. The molecule has 4 heterocycles. The van der Waals surface area contributed by atoms with Gasteiger partial charge in [0.2, 0.25) is 19.1 Å². The number of ether oxygens (including phenoxy) is 2. The van der Waals surface area contributed by atoms with Gasteiger partial charge in [-0.15, -0.1) is 11.3 Å². The summed E-state index contributed by atoms with van der Waals surface area (Å²) >= 11 is 1.37. The lowest BCUT2D eigenvalue weighted by molar-refractivity contribution is -0.175. The fourth-order valence-electron chi connectivity index (χ4n) is 4.54. The first-order chi connectivity index (χ1) is 16.5. The normalized spacial score (nSPS) is 22.6. The molecule has 2 aliphatic heterocycles. The van der Waals surface area contributed by atoms with Crippen LogP contribution in [0, 0.1) is 17.3 Å². The molecule has 11 nitrogen and oxygen atoms in total. The van der Waals surface area contributed by atoms with Gasteiger partial charge in [0.05, 0.1) is 40.6 Å². The van der Waals surface area contributed by atoms with Crippen molar-refractivity contribution in [3.8, 4) is 0 Å². The Bertz CT molecular complexity index is 1220. The standard InChI is InChI=1S/C23H28N4O7S/c1-11-15(14-7-26-8-25-13(6-24-9-28)20(26)35-14)18(27-17(11)16(12(2)29)19(27)30)21(31)33-10-34-22(32)23(3,4)5/h7-9,11-12,16-17,29H,6,10H2,1-5H3,(H,24,28)/t11-,12+,16+,17+/m0/s1. The first-order valence-electron chi connectivity index (χ1n) is 11.2. The van der Waals surface area contributed by atoms with Crippen LogP contribution in [0.4, 0.5) is 0 Å². The third-order valence-electron chi connectivity index (χ3n) is 6.26. The predicted octanol–water partition coefficient (Wildman–Crippen LogP) is 1.30. The Kier molecular flexibility index (Phi) is 6.45. The number of nitrogens with zero attached hydrogens (tertiary/aromatic N) is 3. The summed E-state index contributed by atoms with van der Waals surface area (Å²) in [6.07, 6.45) is 3.14. The number of carbonyl (C=O) groups excluding carboxylic acids is 4. The molecule has 4 rings (SSSR count). The van der Waals surface area contributed by atoms with Gasteiger partial charge in [0, 0.05) is 17.7 Å². The van der Waals surface area contributed by atoms with Crippen molar-refractivity contribution in [2.45, 2.75) is 53.3 Å². The van der Waals surface area contributed by atoms with Crippen LogP contribution in [-0.2, 0) is 35.2 Å². The molecule has 2 aromatic rings. The molecule has 2 N–H and O–H groups in total. The van der Waals surface area contributed by atoms with Gasteiger partial charge in [0.1, 0.15) is 16.9 Å². The summed E-state index contributed by atoms with van der Waals surface area (Å²) in [6.45, 7) is 8.18. The Morgan fingerprint density at radius 1 is 1.34 bits per heavy atom. The number of amides is 2. The van der Waals surface area contributed by atoms with Crippen LogP contribution in [0.1, 0.15) is 45.2 Å². The summed E-state index contributed by atoms with van der Waals surface area (Å²) in [5, 5.41) is 12.8. The zero-order valence-corrected chi connectivity index (χ0v) is 20.9. The van der Waals surface area contributed by atoms with Gasteiger partial charge in [0.25, 0.3) is 0 Å². The number of hydrogen-bond acceptors (Lipinski definition) is 9. The van der Waals surface area contributed by atoms with Gasteiger partial charge in [0.15, 0.2) is 0 Å². The van der Waals surface area contributed by atoms with E-state index < -0.39 is 42.2 Å². The number of aliphatic hydroxyl groups is 1. The van der Waals surface area contributed by atoms with Gasteiger partial charge < -0.3 is 24.8 Å². The third kappa shape index (κ3) is 4.20. The van der Waals surface area contributed by atoms with Crippen molar-refractivity contribution in [1.82, 2.24) is 19.6 Å². The molecular formula is C23H28N4O7S. The van der Waals surface area contributed by atoms with E-state index in [1.54, 1.807) is 38.4 Å². The molecule has 1 saturated heterocycles. The van der Waals surface area contributed by atoms with E-state index in [2.05, 4.69) is 10.3 Å². The van der Waals surface area contributed by atoms with Gasteiger partial charge in [-0.2, -0.15) is 0 Å². The smallest absolute Gasteiger partial charge is 0.358 e. The second-order valence-electron chi connectivity index (χ2n) is 9.75. The minimum absolute atomic E-state index is 0.0845. The van der Waals surface area contributed by atoms with Crippen molar-refractivity contribution in [2.75, 3.05) is 6.79 Å². The van der Waals surface area contributed by atoms with E-state index in [-0.39, 0.29) is 24.1 Å². The molecule has 2 amide bonds. The second-order valence-corrected chi connectivity index (χ2v) is 10.8. The first-order valence-corrected chi connectivity index (χ1v) is 12.0. The highest BCUT2D eigenvalue weighted by Crippen LogP contribution is 2.51. The SMILES string of the molecule is C[C@@H](O)[C@H]1C(=O)N2C(C(=O)OCOC(=O)C(C)(C)C)=C(c3cn4cnc(CNC=O)c4s3)[C@H](C)[C@H]12. The second kappa shape index (κ2) is 9.08. The molecule has 12 heteroatoms. The number of fused-ring (bicyclic) bond motifs is 2. The minimum atomic E-state index is -0.875. The number of aromatic nitrogens is 2. The van der Waals surface area contributed by atoms with Crippen molar-refractivity contribution in [2.24, 2.45) is 17.3 Å². The number of rotatable bonds is 8. The highest BCUT2D eigenvalue weighted by molar-refractivity contribution is 7.18. The summed E-state index contributed by atoms with van der Waals surface area (Å²) in [4.78, 5) is 56.0. The molecule has 2 aromatic heterocycles. The van der Waals surface area contributed by atoms with Gasteiger partial charge >= 0.3 is 11.9 Å². The molecule has 188 valence electrons. The van der Waals surface area contributed by atoms with E-state index >= 15 is 0 Å². The largest absolute Gasteiger partial charge is 0.427 e. The lowest BCUT2D eigenvalue weighted by Gasteiger charge is -2.46. The van der Waals surface area contributed by atoms with Crippen molar-refractivity contribution in [3.05, 3.63) is 28.8 Å². The molecule has 0 spiro atoms. The number of esters is 2. The zero-order chi connectivity index (χ0) is 25.7. The number of imidazole rings is 1. The number of β-lactam (4-membered cyclic amide) rings is 1. The molecule has 0 aliphatic carbocycles. The number of carbonyl (C=O) groups is 4. The topological polar surface area (TPSA) is 140 Å². The Hall–Kier alpha value is -3.25. The maximum absolute atomic E-state index is 13.2. The average Bonchev–Trinajstić information content (AvgIpc) is 3.41. The van der Waals surface area contributed by atoms with Crippen molar-refractivity contribution >= 4 is 46.0 Å². The van der Waals surface area contributed by atoms with Gasteiger partial charge in [-0.25, -0.2) is 9.78 Å². The predicted molar refractivity (Wildman–Crippen MR) is 124 cm³/mol. The van der Waals surface area contributed by atoms with Crippen molar-refractivity contribution < 1.29 is 33.8 Å². The van der Waals surface area contributed by atoms with Crippen LogP contribution in [0.15, 0.2) is 18.2 Å². The van der Waals surface area contributed by atoms with Crippen LogP contribution in [-0.4, -0.2) is 62.6 Å². The Balaban J connectivity index is 1.68. The van der Waals surface area contributed by atoms with Crippen LogP contribution in [0.5, 0.6) is 0 Å².